The minimum Gasteiger partial charge on any atom is -0.479 e. The minimum atomic E-state index is -0.817. The van der Waals surface area contributed by atoms with Gasteiger partial charge in [-0.25, -0.2) is 0 Å². The van der Waals surface area contributed by atoms with Gasteiger partial charge in [0.1, 0.15) is 16.8 Å². The number of nitrogens with zero attached hydrogens (tertiary/aromatic N) is 1. The third-order valence-corrected chi connectivity index (χ3v) is 6.72. The topological polar surface area (TPSA) is 58.6 Å². The van der Waals surface area contributed by atoms with E-state index >= 15 is 0 Å². The van der Waals surface area contributed by atoms with Crippen LogP contribution in [0.25, 0.3) is 0 Å². The molecule has 0 saturated heterocycles. The third-order valence-electron chi connectivity index (χ3n) is 4.90. The molecule has 2 amide bonds. The lowest BCUT2D eigenvalue weighted by molar-refractivity contribution is -0.139. The third kappa shape index (κ3) is 5.24. The van der Waals surface area contributed by atoms with Crippen LogP contribution >= 0.6 is 34.5 Å². The molecule has 8 heteroatoms. The van der Waals surface area contributed by atoms with Crippen LogP contribution in [0.5, 0.6) is 5.75 Å². The molecular formula is C21H24Cl2N2O3S. The van der Waals surface area contributed by atoms with E-state index < -0.39 is 12.1 Å². The van der Waals surface area contributed by atoms with E-state index in [2.05, 4.69) is 16.8 Å². The summed E-state index contributed by atoms with van der Waals surface area (Å²) in [7, 11) is 0. The predicted molar refractivity (Wildman–Crippen MR) is 117 cm³/mol. The predicted octanol–water partition coefficient (Wildman–Crippen LogP) is 4.69. The first-order valence-electron chi connectivity index (χ1n) is 9.65. The quantitative estimate of drug-likeness (QED) is 0.659. The van der Waals surface area contributed by atoms with Crippen molar-refractivity contribution in [2.75, 3.05) is 6.54 Å². The maximum Gasteiger partial charge on any atom is 0.261 e. The Kier molecular flexibility index (Phi) is 7.44. The summed E-state index contributed by atoms with van der Waals surface area (Å²) in [6.45, 7) is 4.88. The summed E-state index contributed by atoms with van der Waals surface area (Å²) in [4.78, 5) is 28.9. The number of hydrogen-bond donors (Lipinski definition) is 1. The second-order valence-electron chi connectivity index (χ2n) is 7.04. The van der Waals surface area contributed by atoms with Crippen LogP contribution in [0, 0.1) is 0 Å². The summed E-state index contributed by atoms with van der Waals surface area (Å²) in [6, 6.07) is 6.49. The van der Waals surface area contributed by atoms with Crippen LogP contribution < -0.4 is 10.1 Å². The lowest BCUT2D eigenvalue weighted by Gasteiger charge is -2.31. The summed E-state index contributed by atoms with van der Waals surface area (Å²) in [5.41, 5.74) is 1.20. The molecule has 0 aliphatic carbocycles. The Bertz CT molecular complexity index is 887. The fourth-order valence-corrected chi connectivity index (χ4v) is 4.54. The highest BCUT2D eigenvalue weighted by Crippen LogP contribution is 2.32. The Morgan fingerprint density at radius 1 is 1.31 bits per heavy atom. The molecule has 0 bridgehead atoms. The molecule has 3 rings (SSSR count). The normalized spacial score (nSPS) is 15.4. The van der Waals surface area contributed by atoms with Crippen molar-refractivity contribution in [3.63, 3.8) is 0 Å². The number of thiophene rings is 1. The van der Waals surface area contributed by atoms with Gasteiger partial charge in [0.2, 0.25) is 5.91 Å². The van der Waals surface area contributed by atoms with E-state index in [9.17, 15) is 9.59 Å². The molecule has 1 aliphatic heterocycles. The highest BCUT2D eigenvalue weighted by atomic mass is 35.5. The number of nitrogens with one attached hydrogen (secondary N) is 1. The van der Waals surface area contributed by atoms with Gasteiger partial charge in [-0.15, -0.1) is 11.3 Å². The average molecular weight is 455 g/mol. The summed E-state index contributed by atoms with van der Waals surface area (Å²) < 4.78 is 5.68. The van der Waals surface area contributed by atoms with Gasteiger partial charge in [0, 0.05) is 18.0 Å². The van der Waals surface area contributed by atoms with Crippen molar-refractivity contribution < 1.29 is 14.3 Å². The Hall–Kier alpha value is -1.76. The Morgan fingerprint density at radius 2 is 2.10 bits per heavy atom. The number of benzene rings is 1. The maximum absolute atomic E-state index is 13.1. The second-order valence-corrected chi connectivity index (χ2v) is 8.83. The Balaban J connectivity index is 1.64. The van der Waals surface area contributed by atoms with E-state index in [1.807, 2.05) is 11.8 Å². The molecule has 0 spiro atoms. The summed E-state index contributed by atoms with van der Waals surface area (Å²) >= 11 is 13.9. The number of carbonyl (C=O) groups excluding carboxylic acids is 2. The van der Waals surface area contributed by atoms with Gasteiger partial charge in [0.15, 0.2) is 6.10 Å². The number of ether oxygens (including phenoxy) is 1. The van der Waals surface area contributed by atoms with Crippen LogP contribution in [0.4, 0.5) is 0 Å². The van der Waals surface area contributed by atoms with Gasteiger partial charge in [0.05, 0.1) is 5.02 Å². The van der Waals surface area contributed by atoms with E-state index in [-0.39, 0.29) is 16.8 Å². The number of carbonyl (C=O) groups is 2. The van der Waals surface area contributed by atoms with Crippen LogP contribution in [-0.2, 0) is 22.6 Å². The average Bonchev–Trinajstić information content (AvgIpc) is 3.18. The highest BCUT2D eigenvalue weighted by Gasteiger charge is 2.30. The number of hydrogen-bond acceptors (Lipinski definition) is 4. The van der Waals surface area contributed by atoms with E-state index in [1.165, 1.54) is 10.4 Å². The molecule has 2 aromatic rings. The molecule has 1 N–H and O–H groups in total. The first-order chi connectivity index (χ1) is 13.9. The van der Waals surface area contributed by atoms with Crippen LogP contribution in [0.2, 0.25) is 10.0 Å². The fraction of sp³-hybridized carbons (Fsp3) is 0.429. The maximum atomic E-state index is 13.1. The summed E-state index contributed by atoms with van der Waals surface area (Å²) in [6.07, 6.45) is 1.40. The van der Waals surface area contributed by atoms with Crippen LogP contribution in [0.1, 0.15) is 37.1 Å². The highest BCUT2D eigenvalue weighted by molar-refractivity contribution is 7.10. The molecule has 0 saturated carbocycles. The number of rotatable bonds is 7. The van der Waals surface area contributed by atoms with E-state index in [4.69, 9.17) is 27.9 Å². The molecular weight excluding hydrogens is 431 g/mol. The molecule has 1 aliphatic rings. The van der Waals surface area contributed by atoms with Gasteiger partial charge in [-0.1, -0.05) is 42.6 Å². The van der Waals surface area contributed by atoms with Gasteiger partial charge < -0.3 is 15.0 Å². The molecule has 2 atom stereocenters. The largest absolute Gasteiger partial charge is 0.479 e. The summed E-state index contributed by atoms with van der Waals surface area (Å²) in [5.74, 6) is -0.0766. The van der Waals surface area contributed by atoms with Crippen molar-refractivity contribution in [2.24, 2.45) is 0 Å². The molecule has 2 unspecified atom stereocenters. The van der Waals surface area contributed by atoms with Gasteiger partial charge in [0.25, 0.3) is 5.91 Å². The SMILES string of the molecule is CCCC(NC(=O)C(C)Oc1cccc(Cl)c1Cl)C(=O)N1CCc2sccc2C1. The minimum absolute atomic E-state index is 0.0509. The summed E-state index contributed by atoms with van der Waals surface area (Å²) in [5, 5.41) is 5.53. The van der Waals surface area contributed by atoms with E-state index in [0.29, 0.717) is 30.3 Å². The standard InChI is InChI=1S/C21H24Cl2N2O3S/c1-3-5-16(21(27)25-10-8-18-14(12-25)9-11-29-18)24-20(26)13(2)28-17-7-4-6-15(22)19(17)23/h4,6-7,9,11,13,16H,3,5,8,10,12H2,1-2H3,(H,24,26). The molecule has 1 aromatic heterocycles. The van der Waals surface area contributed by atoms with Crippen LogP contribution in [0.3, 0.4) is 0 Å². The Labute approximate surface area is 184 Å². The van der Waals surface area contributed by atoms with Gasteiger partial charge in [-0.05, 0) is 48.9 Å². The van der Waals surface area contributed by atoms with Crippen molar-refractivity contribution >= 4 is 46.4 Å². The lowest BCUT2D eigenvalue weighted by atomic mass is 10.1. The molecule has 1 aromatic carbocycles. The Morgan fingerprint density at radius 3 is 2.86 bits per heavy atom. The zero-order chi connectivity index (χ0) is 21.0. The van der Waals surface area contributed by atoms with E-state index in [0.717, 1.165) is 12.8 Å². The molecule has 2 heterocycles. The van der Waals surface area contributed by atoms with Gasteiger partial charge in [-0.3, -0.25) is 9.59 Å². The van der Waals surface area contributed by atoms with Crippen molar-refractivity contribution in [3.8, 4) is 5.75 Å². The van der Waals surface area contributed by atoms with Crippen molar-refractivity contribution in [1.29, 1.82) is 0 Å². The molecule has 0 radical (unpaired) electrons. The van der Waals surface area contributed by atoms with E-state index in [1.54, 1.807) is 36.5 Å². The molecule has 29 heavy (non-hydrogen) atoms. The number of halogens is 2. The first kappa shape index (κ1) is 21.9. The van der Waals surface area contributed by atoms with Crippen LogP contribution in [-0.4, -0.2) is 35.4 Å². The zero-order valence-corrected chi connectivity index (χ0v) is 18.7. The zero-order valence-electron chi connectivity index (χ0n) is 16.4. The van der Waals surface area contributed by atoms with Gasteiger partial charge >= 0.3 is 0 Å². The molecule has 0 fully saturated rings. The lowest BCUT2D eigenvalue weighted by Crippen LogP contribution is -2.52. The smallest absolute Gasteiger partial charge is 0.261 e. The van der Waals surface area contributed by atoms with Crippen LogP contribution in [0.15, 0.2) is 29.6 Å². The second kappa shape index (κ2) is 9.83. The fourth-order valence-electron chi connectivity index (χ4n) is 3.31. The monoisotopic (exact) mass is 454 g/mol. The van der Waals surface area contributed by atoms with Crippen molar-refractivity contribution in [2.45, 2.75) is 51.8 Å². The first-order valence-corrected chi connectivity index (χ1v) is 11.3. The van der Waals surface area contributed by atoms with Crippen molar-refractivity contribution in [1.82, 2.24) is 10.2 Å². The van der Waals surface area contributed by atoms with Crippen molar-refractivity contribution in [3.05, 3.63) is 50.1 Å². The number of fused-ring (bicyclic) bond motifs is 1. The molecule has 5 nitrogen and oxygen atoms in total. The van der Waals surface area contributed by atoms with Gasteiger partial charge in [-0.2, -0.15) is 0 Å². The molecule has 156 valence electrons. The number of amides is 2.